The van der Waals surface area contributed by atoms with Gasteiger partial charge in [0.2, 0.25) is 11.8 Å². The number of esters is 1. The van der Waals surface area contributed by atoms with E-state index in [0.717, 1.165) is 12.8 Å². The summed E-state index contributed by atoms with van der Waals surface area (Å²) in [5.41, 5.74) is 2.28. The van der Waals surface area contributed by atoms with E-state index in [9.17, 15) is 19.2 Å². The second kappa shape index (κ2) is 10.0. The number of nitrogens with zero attached hydrogens (tertiary/aromatic N) is 1. The van der Waals surface area contributed by atoms with Gasteiger partial charge in [-0.3, -0.25) is 19.3 Å². The lowest BCUT2D eigenvalue weighted by Crippen LogP contribution is -2.33. The molecule has 0 aromatic heterocycles. The molecule has 2 bridgehead atoms. The molecule has 8 nitrogen and oxygen atoms in total. The van der Waals surface area contributed by atoms with Gasteiger partial charge in [0.15, 0.2) is 6.61 Å². The molecular formula is C31H28N2O6. The van der Waals surface area contributed by atoms with Crippen LogP contribution in [0.4, 0.5) is 11.4 Å². The smallest absolute Gasteiger partial charge is 0.338 e. The number of anilines is 2. The van der Waals surface area contributed by atoms with Crippen LogP contribution in [0.25, 0.3) is 0 Å². The van der Waals surface area contributed by atoms with E-state index < -0.39 is 18.5 Å². The van der Waals surface area contributed by atoms with E-state index in [1.807, 2.05) is 18.2 Å². The Morgan fingerprint density at radius 3 is 2.38 bits per heavy atom. The van der Waals surface area contributed by atoms with Crippen molar-refractivity contribution in [2.24, 2.45) is 23.7 Å². The van der Waals surface area contributed by atoms with Gasteiger partial charge in [0, 0.05) is 5.69 Å². The fourth-order valence-corrected chi connectivity index (χ4v) is 6.66. The first-order valence-electron chi connectivity index (χ1n) is 13.1. The van der Waals surface area contributed by atoms with Crippen LogP contribution in [0.3, 0.4) is 0 Å². The lowest BCUT2D eigenvalue weighted by molar-refractivity contribution is -0.123. The Labute approximate surface area is 225 Å². The van der Waals surface area contributed by atoms with Gasteiger partial charge in [-0.15, -0.1) is 0 Å². The number of carbonyl (C=O) groups is 4. The molecule has 2 aliphatic carbocycles. The summed E-state index contributed by atoms with van der Waals surface area (Å²) >= 11 is 0. The number of amides is 3. The minimum atomic E-state index is -0.717. The van der Waals surface area contributed by atoms with E-state index in [4.69, 9.17) is 9.47 Å². The Morgan fingerprint density at radius 2 is 1.64 bits per heavy atom. The van der Waals surface area contributed by atoms with Gasteiger partial charge in [0.1, 0.15) is 5.75 Å². The number of fused-ring (bicyclic) bond motifs is 5. The highest BCUT2D eigenvalue weighted by atomic mass is 16.5. The van der Waals surface area contributed by atoms with Crippen molar-refractivity contribution in [2.45, 2.75) is 18.8 Å². The molecule has 1 aliphatic heterocycles. The monoisotopic (exact) mass is 524 g/mol. The zero-order valence-corrected chi connectivity index (χ0v) is 21.4. The third-order valence-corrected chi connectivity index (χ3v) is 8.29. The summed E-state index contributed by atoms with van der Waals surface area (Å²) in [6.07, 6.45) is 1.80. The molecule has 1 saturated heterocycles. The van der Waals surface area contributed by atoms with Crippen LogP contribution >= 0.6 is 0 Å². The van der Waals surface area contributed by atoms with Crippen molar-refractivity contribution in [1.82, 2.24) is 0 Å². The Kier molecular flexibility index (Phi) is 6.38. The van der Waals surface area contributed by atoms with E-state index in [0.29, 0.717) is 17.1 Å². The first kappa shape index (κ1) is 24.9. The summed E-state index contributed by atoms with van der Waals surface area (Å²) in [5, 5.41) is 2.65. The van der Waals surface area contributed by atoms with Crippen LogP contribution in [0.2, 0.25) is 0 Å². The predicted molar refractivity (Wildman–Crippen MR) is 143 cm³/mol. The molecule has 6 rings (SSSR count). The van der Waals surface area contributed by atoms with Gasteiger partial charge in [0.25, 0.3) is 5.91 Å². The van der Waals surface area contributed by atoms with Crippen LogP contribution < -0.4 is 15.0 Å². The molecule has 3 aromatic carbocycles. The zero-order valence-electron chi connectivity index (χ0n) is 21.4. The number of ether oxygens (including phenoxy) is 2. The van der Waals surface area contributed by atoms with Crippen molar-refractivity contribution in [2.75, 3.05) is 23.9 Å². The Balaban J connectivity index is 1.12. The maximum atomic E-state index is 13.6. The van der Waals surface area contributed by atoms with Gasteiger partial charge in [-0.05, 0) is 78.6 Å². The van der Waals surface area contributed by atoms with Crippen molar-refractivity contribution in [3.05, 3.63) is 90.0 Å². The number of rotatable bonds is 7. The van der Waals surface area contributed by atoms with Gasteiger partial charge in [-0.25, -0.2) is 4.79 Å². The van der Waals surface area contributed by atoms with Gasteiger partial charge in [-0.1, -0.05) is 36.4 Å². The summed E-state index contributed by atoms with van der Waals surface area (Å²) in [5.74, 6) is -0.975. The largest absolute Gasteiger partial charge is 0.497 e. The second-order valence-corrected chi connectivity index (χ2v) is 10.4. The maximum Gasteiger partial charge on any atom is 0.338 e. The van der Waals surface area contributed by atoms with Crippen LogP contribution in [-0.2, 0) is 19.1 Å². The molecular weight excluding hydrogens is 496 g/mol. The number of nitrogens with one attached hydrogen (secondary N) is 1. The van der Waals surface area contributed by atoms with Gasteiger partial charge in [-0.2, -0.15) is 0 Å². The zero-order chi connectivity index (χ0) is 27.1. The molecule has 3 amide bonds. The van der Waals surface area contributed by atoms with Crippen LogP contribution in [0.1, 0.15) is 34.7 Å². The van der Waals surface area contributed by atoms with Crippen molar-refractivity contribution < 1.29 is 28.7 Å². The highest BCUT2D eigenvalue weighted by Gasteiger charge is 2.64. The first-order chi connectivity index (χ1) is 18.9. The number of hydrogen-bond acceptors (Lipinski definition) is 6. The molecule has 1 heterocycles. The minimum absolute atomic E-state index is 0.140. The van der Waals surface area contributed by atoms with E-state index >= 15 is 0 Å². The fraction of sp³-hybridized carbons (Fsp3) is 0.290. The molecule has 39 heavy (non-hydrogen) atoms. The van der Waals surface area contributed by atoms with Crippen molar-refractivity contribution in [3.63, 3.8) is 0 Å². The second-order valence-electron chi connectivity index (χ2n) is 10.4. The minimum Gasteiger partial charge on any atom is -0.497 e. The highest BCUT2D eigenvalue weighted by molar-refractivity contribution is 6.23. The van der Waals surface area contributed by atoms with Crippen LogP contribution in [0.15, 0.2) is 78.9 Å². The molecule has 5 atom stereocenters. The third-order valence-electron chi connectivity index (χ3n) is 8.29. The molecule has 198 valence electrons. The molecule has 1 N–H and O–H groups in total. The maximum absolute atomic E-state index is 13.6. The number of carbonyl (C=O) groups excluding carboxylic acids is 4. The molecule has 0 radical (unpaired) electrons. The quantitative estimate of drug-likeness (QED) is 0.363. The molecule has 8 heteroatoms. The molecule has 3 fully saturated rings. The molecule has 0 unspecified atom stereocenters. The summed E-state index contributed by atoms with van der Waals surface area (Å²) in [6.45, 7) is -0.481. The van der Waals surface area contributed by atoms with Crippen molar-refractivity contribution >= 4 is 35.1 Å². The van der Waals surface area contributed by atoms with E-state index in [1.165, 1.54) is 22.6 Å². The topological polar surface area (TPSA) is 102 Å². The van der Waals surface area contributed by atoms with E-state index in [-0.39, 0.29) is 47.0 Å². The average Bonchev–Trinajstić information content (AvgIpc) is 3.63. The summed E-state index contributed by atoms with van der Waals surface area (Å²) < 4.78 is 10.3. The van der Waals surface area contributed by atoms with Gasteiger partial charge >= 0.3 is 5.97 Å². The molecule has 2 saturated carbocycles. The van der Waals surface area contributed by atoms with Crippen molar-refractivity contribution in [3.8, 4) is 5.75 Å². The van der Waals surface area contributed by atoms with Gasteiger partial charge < -0.3 is 14.8 Å². The summed E-state index contributed by atoms with van der Waals surface area (Å²) in [6, 6.07) is 23.3. The Bertz CT molecular complexity index is 1440. The number of imide groups is 1. The predicted octanol–water partition coefficient (Wildman–Crippen LogP) is 4.42. The summed E-state index contributed by atoms with van der Waals surface area (Å²) in [7, 11) is 1.55. The van der Waals surface area contributed by atoms with Gasteiger partial charge in [0.05, 0.1) is 30.2 Å². The number of methoxy groups -OCH3 is 1. The SMILES string of the molecule is COc1ccc(NC(=O)COC(=O)c2cccc(N3C(=O)[C@@H]4[C@@H]5C[C@@H]([C@H]4C3=O)[C@H](c3ccccc3)C5)c2)cc1. The molecule has 3 aliphatic rings. The molecule has 3 aromatic rings. The number of benzene rings is 3. The normalized spacial score (nSPS) is 24.9. The van der Waals surface area contributed by atoms with Crippen LogP contribution in [0, 0.1) is 23.7 Å². The highest BCUT2D eigenvalue weighted by Crippen LogP contribution is 2.61. The molecule has 0 spiro atoms. The summed E-state index contributed by atoms with van der Waals surface area (Å²) in [4.78, 5) is 53.3. The fourth-order valence-electron chi connectivity index (χ4n) is 6.66. The first-order valence-corrected chi connectivity index (χ1v) is 13.1. The number of hydrogen-bond donors (Lipinski definition) is 1. The van der Waals surface area contributed by atoms with E-state index in [2.05, 4.69) is 17.4 Å². The third kappa shape index (κ3) is 4.46. The Morgan fingerprint density at radius 1 is 0.897 bits per heavy atom. The lowest BCUT2D eigenvalue weighted by Gasteiger charge is -2.28. The lowest BCUT2D eigenvalue weighted by atomic mass is 9.73. The van der Waals surface area contributed by atoms with Crippen LogP contribution in [0.5, 0.6) is 5.75 Å². The van der Waals surface area contributed by atoms with E-state index in [1.54, 1.807) is 43.5 Å². The average molecular weight is 525 g/mol. The van der Waals surface area contributed by atoms with Crippen molar-refractivity contribution in [1.29, 1.82) is 0 Å². The van der Waals surface area contributed by atoms with Crippen LogP contribution in [-0.4, -0.2) is 37.4 Å². The standard InChI is InChI=1S/C31H28N2O6/c1-38-23-12-10-21(11-13-23)32-26(34)17-39-31(37)19-8-5-9-22(14-19)33-29(35)27-20-15-24(18-6-3-2-4-7-18)25(16-20)28(27)30(33)36/h2-14,20,24-25,27-28H,15-17H2,1H3,(H,32,34)/t20-,24-,25+,27+,28+/m0/s1. The Hall–Kier alpha value is -4.46.